The zero-order chi connectivity index (χ0) is 11.0. The number of nitrogens with two attached hydrogens (primary N) is 1. The van der Waals surface area contributed by atoms with Gasteiger partial charge in [-0.1, -0.05) is 11.8 Å². The van der Waals surface area contributed by atoms with Gasteiger partial charge in [-0.05, 0) is 24.6 Å². The number of rotatable bonds is 2. The van der Waals surface area contributed by atoms with Crippen LogP contribution in [-0.4, -0.2) is 28.4 Å². The lowest BCUT2D eigenvalue weighted by atomic mass is 10.3. The molecule has 5 heteroatoms. The molecule has 2 aromatic rings. The van der Waals surface area contributed by atoms with Crippen molar-refractivity contribution >= 4 is 28.5 Å². The van der Waals surface area contributed by atoms with Gasteiger partial charge in [-0.25, -0.2) is 4.98 Å². The maximum absolute atomic E-state index is 5.72. The molecule has 0 bridgehead atoms. The van der Waals surface area contributed by atoms with Gasteiger partial charge in [-0.15, -0.1) is 0 Å². The van der Waals surface area contributed by atoms with E-state index >= 15 is 0 Å². The van der Waals surface area contributed by atoms with Crippen LogP contribution < -0.4 is 5.73 Å². The second-order valence-electron chi connectivity index (χ2n) is 3.92. The molecular weight excluding hydrogens is 222 g/mol. The Kier molecular flexibility index (Phi) is 2.49. The van der Waals surface area contributed by atoms with E-state index in [1.54, 1.807) is 11.8 Å². The van der Waals surface area contributed by atoms with Crippen molar-refractivity contribution in [2.24, 2.45) is 0 Å². The lowest BCUT2D eigenvalue weighted by Crippen LogP contribution is -2.00. The second-order valence-corrected chi connectivity index (χ2v) is 5.21. The SMILES string of the molecule is Nc1ccc2nc(SC3CCOC3)[nH]c2c1. The maximum Gasteiger partial charge on any atom is 0.166 e. The quantitative estimate of drug-likeness (QED) is 0.782. The summed E-state index contributed by atoms with van der Waals surface area (Å²) in [6.45, 7) is 1.69. The predicted molar refractivity (Wildman–Crippen MR) is 65.6 cm³/mol. The number of nitrogens with zero attached hydrogens (tertiary/aromatic N) is 1. The molecule has 16 heavy (non-hydrogen) atoms. The normalized spacial score (nSPS) is 20.6. The van der Waals surface area contributed by atoms with Gasteiger partial charge >= 0.3 is 0 Å². The van der Waals surface area contributed by atoms with Crippen molar-refractivity contribution in [3.63, 3.8) is 0 Å². The molecule has 1 atom stereocenters. The van der Waals surface area contributed by atoms with Gasteiger partial charge in [0, 0.05) is 17.5 Å². The Balaban J connectivity index is 1.86. The van der Waals surface area contributed by atoms with Crippen LogP contribution in [0.2, 0.25) is 0 Å². The molecule has 1 aliphatic rings. The van der Waals surface area contributed by atoms with Crippen LogP contribution in [0.15, 0.2) is 23.4 Å². The van der Waals surface area contributed by atoms with Crippen molar-refractivity contribution in [2.45, 2.75) is 16.8 Å². The lowest BCUT2D eigenvalue weighted by molar-refractivity contribution is 0.199. The summed E-state index contributed by atoms with van der Waals surface area (Å²) in [7, 11) is 0. The van der Waals surface area contributed by atoms with E-state index in [1.165, 1.54) is 0 Å². The van der Waals surface area contributed by atoms with Crippen molar-refractivity contribution in [2.75, 3.05) is 18.9 Å². The van der Waals surface area contributed by atoms with Gasteiger partial charge in [-0.3, -0.25) is 0 Å². The highest BCUT2D eigenvalue weighted by molar-refractivity contribution is 7.99. The average Bonchev–Trinajstić information content (AvgIpc) is 2.86. The van der Waals surface area contributed by atoms with Crippen LogP contribution in [0, 0.1) is 0 Å². The number of benzene rings is 1. The first-order valence-corrected chi connectivity index (χ1v) is 6.19. The first kappa shape index (κ1) is 9.99. The average molecular weight is 235 g/mol. The summed E-state index contributed by atoms with van der Waals surface area (Å²) in [6.07, 6.45) is 1.10. The smallest absolute Gasteiger partial charge is 0.166 e. The van der Waals surface area contributed by atoms with Crippen molar-refractivity contribution in [1.82, 2.24) is 9.97 Å². The van der Waals surface area contributed by atoms with E-state index in [9.17, 15) is 0 Å². The highest BCUT2D eigenvalue weighted by Gasteiger charge is 2.18. The summed E-state index contributed by atoms with van der Waals surface area (Å²) in [4.78, 5) is 7.79. The van der Waals surface area contributed by atoms with E-state index in [2.05, 4.69) is 9.97 Å². The molecule has 0 radical (unpaired) electrons. The monoisotopic (exact) mass is 235 g/mol. The number of nitrogens with one attached hydrogen (secondary N) is 1. The molecule has 1 saturated heterocycles. The second kappa shape index (κ2) is 3.99. The number of hydrogen-bond acceptors (Lipinski definition) is 4. The molecule has 0 amide bonds. The van der Waals surface area contributed by atoms with Gasteiger partial charge in [0.15, 0.2) is 5.16 Å². The number of fused-ring (bicyclic) bond motifs is 1. The van der Waals surface area contributed by atoms with Crippen LogP contribution in [-0.2, 0) is 4.74 Å². The van der Waals surface area contributed by atoms with Crippen molar-refractivity contribution in [3.05, 3.63) is 18.2 Å². The third-order valence-electron chi connectivity index (χ3n) is 2.65. The Bertz CT molecular complexity index is 505. The molecule has 1 fully saturated rings. The van der Waals surface area contributed by atoms with Crippen LogP contribution in [0.1, 0.15) is 6.42 Å². The number of thioether (sulfide) groups is 1. The number of ether oxygens (including phenoxy) is 1. The summed E-state index contributed by atoms with van der Waals surface area (Å²) in [5.74, 6) is 0. The number of anilines is 1. The molecule has 1 aliphatic heterocycles. The molecule has 1 aromatic heterocycles. The van der Waals surface area contributed by atoms with E-state index < -0.39 is 0 Å². The van der Waals surface area contributed by atoms with E-state index in [4.69, 9.17) is 10.5 Å². The van der Waals surface area contributed by atoms with Crippen molar-refractivity contribution in [3.8, 4) is 0 Å². The summed E-state index contributed by atoms with van der Waals surface area (Å²) in [5, 5.41) is 1.48. The highest BCUT2D eigenvalue weighted by atomic mass is 32.2. The summed E-state index contributed by atoms with van der Waals surface area (Å²) in [6, 6.07) is 5.73. The Morgan fingerprint density at radius 1 is 1.50 bits per heavy atom. The summed E-state index contributed by atoms with van der Waals surface area (Å²) < 4.78 is 5.34. The first-order chi connectivity index (χ1) is 7.81. The zero-order valence-electron chi connectivity index (χ0n) is 8.77. The number of imidazole rings is 1. The third-order valence-corrected chi connectivity index (χ3v) is 3.77. The van der Waals surface area contributed by atoms with Gasteiger partial charge < -0.3 is 15.5 Å². The minimum Gasteiger partial charge on any atom is -0.399 e. The van der Waals surface area contributed by atoms with Gasteiger partial charge in [0.1, 0.15) is 0 Å². The van der Waals surface area contributed by atoms with Gasteiger partial charge in [0.25, 0.3) is 0 Å². The molecule has 2 heterocycles. The molecule has 3 N–H and O–H groups in total. The van der Waals surface area contributed by atoms with Crippen molar-refractivity contribution in [1.29, 1.82) is 0 Å². The molecule has 0 aliphatic carbocycles. The van der Waals surface area contributed by atoms with Gasteiger partial charge in [0.2, 0.25) is 0 Å². The Hall–Kier alpha value is -1.20. The Morgan fingerprint density at radius 2 is 2.44 bits per heavy atom. The fraction of sp³-hybridized carbons (Fsp3) is 0.364. The number of aromatic amines is 1. The zero-order valence-corrected chi connectivity index (χ0v) is 9.59. The molecule has 0 saturated carbocycles. The summed E-state index contributed by atoms with van der Waals surface area (Å²) >= 11 is 1.75. The minimum atomic E-state index is 0.526. The molecule has 4 nitrogen and oxygen atoms in total. The Labute approximate surface area is 97.6 Å². The predicted octanol–water partition coefficient (Wildman–Crippen LogP) is 2.03. The maximum atomic E-state index is 5.72. The standard InChI is InChI=1S/C11H13N3OS/c12-7-1-2-9-10(5-7)14-11(13-9)16-8-3-4-15-6-8/h1-2,5,8H,3-4,6,12H2,(H,13,14). The molecule has 1 aromatic carbocycles. The van der Waals surface area contributed by atoms with E-state index in [-0.39, 0.29) is 0 Å². The number of nitrogen functional groups attached to an aromatic ring is 1. The van der Waals surface area contributed by atoms with E-state index in [1.807, 2.05) is 18.2 Å². The largest absolute Gasteiger partial charge is 0.399 e. The third kappa shape index (κ3) is 1.88. The molecule has 0 spiro atoms. The topological polar surface area (TPSA) is 63.9 Å². The lowest BCUT2D eigenvalue weighted by Gasteiger charge is -2.02. The van der Waals surface area contributed by atoms with Gasteiger partial charge in [0.05, 0.1) is 17.6 Å². The van der Waals surface area contributed by atoms with Crippen molar-refractivity contribution < 1.29 is 4.74 Å². The van der Waals surface area contributed by atoms with Crippen LogP contribution in [0.5, 0.6) is 0 Å². The molecule has 1 unspecified atom stereocenters. The molecule has 3 rings (SSSR count). The first-order valence-electron chi connectivity index (χ1n) is 5.31. The number of hydrogen-bond donors (Lipinski definition) is 2. The fourth-order valence-corrected chi connectivity index (χ4v) is 2.84. The van der Waals surface area contributed by atoms with Crippen LogP contribution >= 0.6 is 11.8 Å². The fourth-order valence-electron chi connectivity index (χ4n) is 1.82. The van der Waals surface area contributed by atoms with Gasteiger partial charge in [-0.2, -0.15) is 0 Å². The highest BCUT2D eigenvalue weighted by Crippen LogP contribution is 2.28. The van der Waals surface area contributed by atoms with Crippen LogP contribution in [0.3, 0.4) is 0 Å². The van der Waals surface area contributed by atoms with Crippen LogP contribution in [0.4, 0.5) is 5.69 Å². The van der Waals surface area contributed by atoms with E-state index in [0.29, 0.717) is 5.25 Å². The summed E-state index contributed by atoms with van der Waals surface area (Å²) in [5.41, 5.74) is 8.45. The minimum absolute atomic E-state index is 0.526. The number of aromatic nitrogens is 2. The molecular formula is C11H13N3OS. The van der Waals surface area contributed by atoms with Crippen LogP contribution in [0.25, 0.3) is 11.0 Å². The Morgan fingerprint density at radius 3 is 3.25 bits per heavy atom. The molecule has 84 valence electrons. The van der Waals surface area contributed by atoms with E-state index in [0.717, 1.165) is 41.5 Å². The number of H-pyrrole nitrogens is 1.